The summed E-state index contributed by atoms with van der Waals surface area (Å²) in [6.45, 7) is 6.44. The van der Waals surface area contributed by atoms with Gasteiger partial charge in [0.1, 0.15) is 5.00 Å². The van der Waals surface area contributed by atoms with E-state index < -0.39 is 0 Å². The lowest BCUT2D eigenvalue weighted by atomic mass is 10.2. The quantitative estimate of drug-likeness (QED) is 0.802. The van der Waals surface area contributed by atoms with Crippen LogP contribution in [0.2, 0.25) is 0 Å². The third-order valence-electron chi connectivity index (χ3n) is 3.61. The predicted molar refractivity (Wildman–Crippen MR) is 98.4 cm³/mol. The van der Waals surface area contributed by atoms with Crippen LogP contribution in [0.1, 0.15) is 10.4 Å². The van der Waals surface area contributed by atoms with E-state index in [0.29, 0.717) is 29.6 Å². The zero-order valence-corrected chi connectivity index (χ0v) is 14.3. The minimum atomic E-state index is -0.326. The highest BCUT2D eigenvalue weighted by atomic mass is 32.1. The molecular formula is C17H18N4O3S. The molecule has 1 aromatic heterocycles. The number of carbonyl (C=O) groups excluding carboxylic acids is 2. The van der Waals surface area contributed by atoms with Crippen LogP contribution in [-0.4, -0.2) is 43.1 Å². The lowest BCUT2D eigenvalue weighted by Gasteiger charge is -2.26. The second kappa shape index (κ2) is 7.91. The van der Waals surface area contributed by atoms with Gasteiger partial charge in [-0.05, 0) is 24.3 Å². The minimum absolute atomic E-state index is 0.280. The van der Waals surface area contributed by atoms with Gasteiger partial charge in [-0.3, -0.25) is 14.9 Å². The first kappa shape index (κ1) is 17.1. The van der Waals surface area contributed by atoms with Gasteiger partial charge in [0.05, 0.1) is 19.4 Å². The van der Waals surface area contributed by atoms with E-state index in [4.69, 9.17) is 4.74 Å². The van der Waals surface area contributed by atoms with Crippen LogP contribution in [0, 0.1) is 0 Å². The average molecular weight is 358 g/mol. The van der Waals surface area contributed by atoms with Gasteiger partial charge in [0, 0.05) is 24.3 Å². The van der Waals surface area contributed by atoms with E-state index in [1.54, 1.807) is 30.5 Å². The minimum Gasteiger partial charge on any atom is -0.378 e. The van der Waals surface area contributed by atoms with E-state index in [1.807, 2.05) is 0 Å². The average Bonchev–Trinajstić information content (AvgIpc) is 3.11. The van der Waals surface area contributed by atoms with Gasteiger partial charge in [-0.2, -0.15) is 0 Å². The van der Waals surface area contributed by atoms with Crippen LogP contribution < -0.4 is 15.5 Å². The van der Waals surface area contributed by atoms with E-state index in [1.165, 1.54) is 17.4 Å². The molecule has 2 N–H and O–H groups in total. The van der Waals surface area contributed by atoms with Crippen molar-refractivity contribution < 1.29 is 14.3 Å². The molecule has 0 bridgehead atoms. The molecule has 0 saturated carbocycles. The molecule has 1 saturated heterocycles. The first-order chi connectivity index (χ1) is 12.2. The van der Waals surface area contributed by atoms with E-state index in [2.05, 4.69) is 27.1 Å². The summed E-state index contributed by atoms with van der Waals surface area (Å²) >= 11 is 1.43. The number of nitrogens with one attached hydrogen (secondary N) is 2. The van der Waals surface area contributed by atoms with Crippen molar-refractivity contribution in [3.8, 4) is 0 Å². The first-order valence-corrected chi connectivity index (χ1v) is 8.61. The predicted octanol–water partition coefficient (Wildman–Crippen LogP) is 2.36. The Morgan fingerprint density at radius 3 is 2.84 bits per heavy atom. The van der Waals surface area contributed by atoms with Crippen molar-refractivity contribution in [1.29, 1.82) is 0 Å². The molecule has 1 aliphatic rings. The number of hydrogen-bond donors (Lipinski definition) is 2. The molecule has 2 aromatic rings. The Morgan fingerprint density at radius 1 is 1.28 bits per heavy atom. The molecule has 0 aliphatic carbocycles. The summed E-state index contributed by atoms with van der Waals surface area (Å²) in [6.07, 6.45) is 2.93. The number of nitrogens with zero attached hydrogens (tertiary/aromatic N) is 2. The van der Waals surface area contributed by atoms with Gasteiger partial charge < -0.3 is 15.0 Å². The number of carbonyl (C=O) groups is 2. The molecule has 7 nitrogen and oxygen atoms in total. The van der Waals surface area contributed by atoms with Crippen LogP contribution in [0.5, 0.6) is 0 Å². The third-order valence-corrected chi connectivity index (χ3v) is 4.59. The van der Waals surface area contributed by atoms with E-state index in [9.17, 15) is 9.59 Å². The van der Waals surface area contributed by atoms with Gasteiger partial charge in [0.15, 0.2) is 5.13 Å². The van der Waals surface area contributed by atoms with E-state index in [0.717, 1.165) is 18.1 Å². The summed E-state index contributed by atoms with van der Waals surface area (Å²) in [5.41, 5.74) is 0.968. The Hall–Kier alpha value is -2.71. The van der Waals surface area contributed by atoms with Crippen LogP contribution in [0.15, 0.2) is 43.1 Å². The molecule has 1 fully saturated rings. The van der Waals surface area contributed by atoms with Crippen molar-refractivity contribution in [3.05, 3.63) is 48.7 Å². The molecule has 0 radical (unpaired) electrons. The zero-order chi connectivity index (χ0) is 17.6. The number of anilines is 3. The van der Waals surface area contributed by atoms with Crippen LogP contribution in [0.25, 0.3) is 0 Å². The van der Waals surface area contributed by atoms with E-state index in [-0.39, 0.29) is 11.8 Å². The maximum absolute atomic E-state index is 12.4. The highest BCUT2D eigenvalue weighted by Crippen LogP contribution is 2.28. The number of hydrogen-bond acceptors (Lipinski definition) is 6. The van der Waals surface area contributed by atoms with Gasteiger partial charge in [0.25, 0.3) is 5.91 Å². The number of amides is 2. The van der Waals surface area contributed by atoms with Gasteiger partial charge in [0.2, 0.25) is 5.91 Å². The van der Waals surface area contributed by atoms with Crippen molar-refractivity contribution in [1.82, 2.24) is 4.98 Å². The molecule has 1 aromatic carbocycles. The molecule has 1 aliphatic heterocycles. The maximum Gasteiger partial charge on any atom is 0.257 e. The van der Waals surface area contributed by atoms with Gasteiger partial charge in [-0.25, -0.2) is 4.98 Å². The van der Waals surface area contributed by atoms with Crippen LogP contribution in [0.3, 0.4) is 0 Å². The number of benzene rings is 1. The Labute approximate surface area is 149 Å². The molecule has 8 heteroatoms. The highest BCUT2D eigenvalue weighted by molar-refractivity contribution is 7.19. The molecule has 2 heterocycles. The number of ether oxygens (including phenoxy) is 1. The summed E-state index contributed by atoms with van der Waals surface area (Å²) in [7, 11) is 0. The van der Waals surface area contributed by atoms with Crippen LogP contribution in [0.4, 0.5) is 15.8 Å². The van der Waals surface area contributed by atoms with Crippen molar-refractivity contribution in [2.75, 3.05) is 41.8 Å². The molecule has 25 heavy (non-hydrogen) atoms. The number of aromatic nitrogens is 1. The van der Waals surface area contributed by atoms with Gasteiger partial charge >= 0.3 is 0 Å². The van der Waals surface area contributed by atoms with Crippen LogP contribution in [-0.2, 0) is 9.53 Å². The molecule has 130 valence electrons. The third kappa shape index (κ3) is 4.43. The number of thiazole rings is 1. The van der Waals surface area contributed by atoms with Gasteiger partial charge in [-0.15, -0.1) is 0 Å². The summed E-state index contributed by atoms with van der Waals surface area (Å²) in [4.78, 5) is 30.2. The number of morpholine rings is 1. The highest BCUT2D eigenvalue weighted by Gasteiger charge is 2.15. The monoisotopic (exact) mass is 358 g/mol. The lowest BCUT2D eigenvalue weighted by molar-refractivity contribution is -0.111. The summed E-state index contributed by atoms with van der Waals surface area (Å²) < 4.78 is 5.33. The standard InChI is InChI=1S/C17H18N4O3S/c1-2-14(22)19-13-5-3-4-12(10-13)16(23)20-17-18-11-15(25-17)21-6-8-24-9-7-21/h2-5,10-11H,1,6-9H2,(H,19,22)(H,18,20,23). The second-order valence-corrected chi connectivity index (χ2v) is 6.34. The molecule has 0 unspecified atom stereocenters. The van der Waals surface area contributed by atoms with E-state index >= 15 is 0 Å². The summed E-state index contributed by atoms with van der Waals surface area (Å²) in [6, 6.07) is 6.69. The molecule has 0 spiro atoms. The Kier molecular flexibility index (Phi) is 5.42. The van der Waals surface area contributed by atoms with Crippen LogP contribution >= 0.6 is 11.3 Å². The fourth-order valence-electron chi connectivity index (χ4n) is 2.35. The lowest BCUT2D eigenvalue weighted by Crippen LogP contribution is -2.35. The fraction of sp³-hybridized carbons (Fsp3) is 0.235. The normalized spacial score (nSPS) is 14.0. The molecule has 3 rings (SSSR count). The van der Waals surface area contributed by atoms with Crippen molar-refractivity contribution in [2.45, 2.75) is 0 Å². The molecular weight excluding hydrogens is 340 g/mol. The topological polar surface area (TPSA) is 83.6 Å². The second-order valence-electron chi connectivity index (χ2n) is 5.33. The summed E-state index contributed by atoms with van der Waals surface area (Å²) in [5, 5.41) is 6.96. The van der Waals surface area contributed by atoms with Crippen molar-refractivity contribution >= 4 is 39.0 Å². The first-order valence-electron chi connectivity index (χ1n) is 7.79. The smallest absolute Gasteiger partial charge is 0.257 e. The maximum atomic E-state index is 12.4. The zero-order valence-electron chi connectivity index (χ0n) is 13.5. The fourth-order valence-corrected chi connectivity index (χ4v) is 3.22. The number of rotatable bonds is 5. The van der Waals surface area contributed by atoms with Gasteiger partial charge in [-0.1, -0.05) is 24.0 Å². The Morgan fingerprint density at radius 2 is 2.08 bits per heavy atom. The Bertz CT molecular complexity index is 784. The summed E-state index contributed by atoms with van der Waals surface area (Å²) in [5.74, 6) is -0.606. The largest absolute Gasteiger partial charge is 0.378 e. The molecule has 2 amide bonds. The van der Waals surface area contributed by atoms with Crippen molar-refractivity contribution in [2.24, 2.45) is 0 Å². The SMILES string of the molecule is C=CC(=O)Nc1cccc(C(=O)Nc2ncc(N3CCOCC3)s2)c1. The van der Waals surface area contributed by atoms with Crippen molar-refractivity contribution in [3.63, 3.8) is 0 Å². The Balaban J connectivity index is 1.66. The molecule has 0 atom stereocenters.